The first-order valence-corrected chi connectivity index (χ1v) is 9.20. The third-order valence-electron chi connectivity index (χ3n) is 4.34. The number of aryl methyl sites for hydroxylation is 1. The van der Waals surface area contributed by atoms with E-state index in [1.165, 1.54) is 11.8 Å². The van der Waals surface area contributed by atoms with Gasteiger partial charge in [-0.3, -0.25) is 4.79 Å². The molecular weight excluding hydrogens is 345 g/mol. The van der Waals surface area contributed by atoms with Crippen molar-refractivity contribution >= 4 is 41.7 Å². The Kier molecular flexibility index (Phi) is 5.85. The van der Waals surface area contributed by atoms with Gasteiger partial charge < -0.3 is 9.31 Å². The quantitative estimate of drug-likeness (QED) is 0.585. The van der Waals surface area contributed by atoms with E-state index in [2.05, 4.69) is 4.98 Å². The molecule has 0 aromatic carbocycles. The lowest BCUT2D eigenvalue weighted by Gasteiger charge is -2.32. The summed E-state index contributed by atoms with van der Waals surface area (Å²) >= 11 is 7.44. The van der Waals surface area contributed by atoms with Gasteiger partial charge in [0.25, 0.3) is 0 Å². The van der Waals surface area contributed by atoms with E-state index in [9.17, 15) is 4.79 Å². The maximum absolute atomic E-state index is 11.4. The fraction of sp³-hybridized carbons (Fsp3) is 0.529. The monoisotopic (exact) mass is 367 g/mol. The SMILES string of the molecule is CC(=O)SCC(=Cc1cc(C)cnc1Cl)B1OC(C)(C)C(C)(C)O1. The van der Waals surface area contributed by atoms with Crippen molar-refractivity contribution in [2.24, 2.45) is 0 Å². The molecule has 0 saturated carbocycles. The molecule has 130 valence electrons. The summed E-state index contributed by atoms with van der Waals surface area (Å²) in [5.74, 6) is 0.483. The molecule has 0 bridgehead atoms. The summed E-state index contributed by atoms with van der Waals surface area (Å²) in [6.45, 7) is 11.5. The van der Waals surface area contributed by atoms with Crippen molar-refractivity contribution in [1.29, 1.82) is 0 Å². The molecule has 0 N–H and O–H groups in total. The highest BCUT2D eigenvalue weighted by atomic mass is 35.5. The average Bonchev–Trinajstić information content (AvgIpc) is 2.66. The van der Waals surface area contributed by atoms with Gasteiger partial charge in [-0.05, 0) is 51.7 Å². The van der Waals surface area contributed by atoms with Gasteiger partial charge in [-0.2, -0.15) is 0 Å². The van der Waals surface area contributed by atoms with Crippen molar-refractivity contribution in [2.45, 2.75) is 52.7 Å². The highest BCUT2D eigenvalue weighted by Gasteiger charge is 2.52. The molecule has 0 spiro atoms. The maximum atomic E-state index is 11.4. The number of pyridine rings is 1. The lowest BCUT2D eigenvalue weighted by Crippen LogP contribution is -2.41. The lowest BCUT2D eigenvalue weighted by molar-refractivity contribution is -0.109. The second kappa shape index (κ2) is 7.20. The summed E-state index contributed by atoms with van der Waals surface area (Å²) in [6, 6.07) is 1.96. The first-order chi connectivity index (χ1) is 11.0. The topological polar surface area (TPSA) is 48.4 Å². The summed E-state index contributed by atoms with van der Waals surface area (Å²) in [5.41, 5.74) is 1.80. The van der Waals surface area contributed by atoms with E-state index in [0.29, 0.717) is 10.9 Å². The molecule has 24 heavy (non-hydrogen) atoms. The van der Waals surface area contributed by atoms with Gasteiger partial charge in [-0.1, -0.05) is 29.4 Å². The predicted octanol–water partition coefficient (Wildman–Crippen LogP) is 4.34. The van der Waals surface area contributed by atoms with E-state index in [-0.39, 0.29) is 5.12 Å². The molecule has 0 unspecified atom stereocenters. The number of aromatic nitrogens is 1. The van der Waals surface area contributed by atoms with Crippen LogP contribution in [0.3, 0.4) is 0 Å². The molecule has 2 rings (SSSR count). The molecule has 0 amide bonds. The molecule has 7 heteroatoms. The van der Waals surface area contributed by atoms with Gasteiger partial charge in [0.05, 0.1) is 11.2 Å². The summed E-state index contributed by atoms with van der Waals surface area (Å²) in [7, 11) is -0.515. The fourth-order valence-corrected chi connectivity index (χ4v) is 2.98. The molecule has 1 aliphatic rings. The summed E-state index contributed by atoms with van der Waals surface area (Å²) in [5, 5.41) is 0.466. The van der Waals surface area contributed by atoms with Crippen LogP contribution in [-0.4, -0.2) is 34.2 Å². The number of carbonyl (C=O) groups excluding carboxylic acids is 1. The minimum absolute atomic E-state index is 0.0471. The molecule has 0 radical (unpaired) electrons. The van der Waals surface area contributed by atoms with Gasteiger partial charge in [0.2, 0.25) is 0 Å². The Labute approximate surface area is 153 Å². The smallest absolute Gasteiger partial charge is 0.400 e. The van der Waals surface area contributed by atoms with Crippen molar-refractivity contribution in [3.8, 4) is 0 Å². The van der Waals surface area contributed by atoms with Crippen LogP contribution in [0, 0.1) is 6.92 Å². The van der Waals surface area contributed by atoms with Gasteiger partial charge in [-0.15, -0.1) is 0 Å². The molecule has 1 fully saturated rings. The zero-order valence-corrected chi connectivity index (χ0v) is 16.5. The molecule has 0 atom stereocenters. The van der Waals surface area contributed by atoms with E-state index < -0.39 is 18.3 Å². The van der Waals surface area contributed by atoms with Crippen LogP contribution in [0.15, 0.2) is 17.7 Å². The molecule has 1 aromatic rings. The number of halogens is 1. The molecule has 1 saturated heterocycles. The Hall–Kier alpha value is -0.815. The average molecular weight is 368 g/mol. The summed E-state index contributed by atoms with van der Waals surface area (Å²) in [6.07, 6.45) is 3.64. The first kappa shape index (κ1) is 19.5. The molecular formula is C17H23BClNO3S. The Morgan fingerprint density at radius 1 is 1.33 bits per heavy atom. The number of hydrogen-bond donors (Lipinski definition) is 0. The van der Waals surface area contributed by atoms with Gasteiger partial charge in [0.1, 0.15) is 5.15 Å². The van der Waals surface area contributed by atoms with Gasteiger partial charge >= 0.3 is 7.12 Å². The Balaban J connectivity index is 2.37. The molecule has 0 aliphatic carbocycles. The van der Waals surface area contributed by atoms with Crippen molar-refractivity contribution in [1.82, 2.24) is 4.98 Å². The Morgan fingerprint density at radius 3 is 2.46 bits per heavy atom. The number of thioether (sulfide) groups is 1. The second-order valence-electron chi connectivity index (χ2n) is 6.98. The highest BCUT2D eigenvalue weighted by molar-refractivity contribution is 8.13. The van der Waals surface area contributed by atoms with Crippen LogP contribution in [0.5, 0.6) is 0 Å². The number of carbonyl (C=O) groups is 1. The van der Waals surface area contributed by atoms with Crippen molar-refractivity contribution in [3.05, 3.63) is 34.0 Å². The van der Waals surface area contributed by atoms with Gasteiger partial charge in [0, 0.05) is 24.4 Å². The number of rotatable bonds is 4. The van der Waals surface area contributed by atoms with Gasteiger partial charge in [0.15, 0.2) is 5.12 Å². The highest BCUT2D eigenvalue weighted by Crippen LogP contribution is 2.39. The van der Waals surface area contributed by atoms with Crippen LogP contribution in [0.4, 0.5) is 0 Å². The largest absolute Gasteiger partial charge is 0.491 e. The Bertz CT molecular complexity index is 660. The van der Waals surface area contributed by atoms with E-state index in [1.54, 1.807) is 13.1 Å². The summed E-state index contributed by atoms with van der Waals surface area (Å²) < 4.78 is 12.2. The van der Waals surface area contributed by atoms with E-state index in [4.69, 9.17) is 20.9 Å². The second-order valence-corrected chi connectivity index (χ2v) is 8.49. The minimum atomic E-state index is -0.515. The minimum Gasteiger partial charge on any atom is -0.400 e. The zero-order valence-electron chi connectivity index (χ0n) is 15.0. The van der Waals surface area contributed by atoms with E-state index in [1.807, 2.05) is 46.8 Å². The lowest BCUT2D eigenvalue weighted by atomic mass is 9.78. The molecule has 4 nitrogen and oxygen atoms in total. The van der Waals surface area contributed by atoms with Crippen molar-refractivity contribution in [3.63, 3.8) is 0 Å². The van der Waals surface area contributed by atoms with Gasteiger partial charge in [-0.25, -0.2) is 4.98 Å². The van der Waals surface area contributed by atoms with E-state index in [0.717, 1.165) is 16.6 Å². The third kappa shape index (κ3) is 4.42. The van der Waals surface area contributed by atoms with Crippen molar-refractivity contribution < 1.29 is 14.1 Å². The van der Waals surface area contributed by atoms with Crippen LogP contribution < -0.4 is 0 Å². The van der Waals surface area contributed by atoms with Crippen LogP contribution in [0.1, 0.15) is 45.7 Å². The van der Waals surface area contributed by atoms with Crippen LogP contribution in [0.25, 0.3) is 6.08 Å². The first-order valence-electron chi connectivity index (χ1n) is 7.83. The van der Waals surface area contributed by atoms with Crippen LogP contribution in [0.2, 0.25) is 5.15 Å². The Morgan fingerprint density at radius 2 is 1.92 bits per heavy atom. The molecule has 1 aromatic heterocycles. The molecule has 2 heterocycles. The number of hydrogen-bond acceptors (Lipinski definition) is 5. The van der Waals surface area contributed by atoms with Crippen molar-refractivity contribution in [2.75, 3.05) is 5.75 Å². The standard InChI is InChI=1S/C17H23BClNO3S/c1-11-7-13(15(19)20-9-11)8-14(10-24-12(2)21)18-22-16(3,4)17(5,6)23-18/h7-9H,10H2,1-6H3. The van der Waals surface area contributed by atoms with E-state index >= 15 is 0 Å². The molecule has 1 aliphatic heterocycles. The predicted molar refractivity (Wildman–Crippen MR) is 101 cm³/mol. The normalized spacial score (nSPS) is 19.6. The zero-order chi connectivity index (χ0) is 18.1. The third-order valence-corrected chi connectivity index (χ3v) is 5.54. The summed E-state index contributed by atoms with van der Waals surface area (Å²) in [4.78, 5) is 15.6. The fourth-order valence-electron chi connectivity index (χ4n) is 2.23. The maximum Gasteiger partial charge on any atom is 0.491 e. The number of nitrogens with zero attached hydrogens (tertiary/aromatic N) is 1. The van der Waals surface area contributed by atoms with Crippen LogP contribution in [-0.2, 0) is 14.1 Å². The van der Waals surface area contributed by atoms with Crippen LogP contribution >= 0.6 is 23.4 Å².